The monoisotopic (exact) mass is 465 g/mol. The van der Waals surface area contributed by atoms with Crippen molar-refractivity contribution in [3.05, 3.63) is 36.5 Å². The van der Waals surface area contributed by atoms with E-state index in [9.17, 15) is 9.46 Å². The fourth-order valence-corrected chi connectivity index (χ4v) is 3.87. The first-order valence-electron chi connectivity index (χ1n) is 9.47. The number of phosphoric acid groups is 1. The van der Waals surface area contributed by atoms with Gasteiger partial charge in [-0.2, -0.15) is 0 Å². The number of phosphoric ester groups is 1. The van der Waals surface area contributed by atoms with Crippen molar-refractivity contribution in [2.75, 3.05) is 35.0 Å². The second kappa shape index (κ2) is 9.95. The topological polar surface area (TPSA) is 119 Å². The lowest BCUT2D eigenvalue weighted by Crippen LogP contribution is -1.99. The Bertz CT molecular complexity index is 1100. The van der Waals surface area contributed by atoms with Gasteiger partial charge in [0.05, 0.1) is 46.8 Å². The van der Waals surface area contributed by atoms with Crippen LogP contribution >= 0.6 is 7.82 Å². The van der Waals surface area contributed by atoms with Gasteiger partial charge in [-0.1, -0.05) is 5.16 Å². The largest absolute Gasteiger partial charge is 0.527 e. The van der Waals surface area contributed by atoms with Crippen molar-refractivity contribution >= 4 is 7.82 Å². The summed E-state index contributed by atoms with van der Waals surface area (Å²) in [6.45, 7) is 1.58. The van der Waals surface area contributed by atoms with E-state index >= 15 is 0 Å². The van der Waals surface area contributed by atoms with Crippen molar-refractivity contribution < 1.29 is 42.0 Å². The summed E-state index contributed by atoms with van der Waals surface area (Å²) in [7, 11) is 1.63. The molecule has 10 nitrogen and oxygen atoms in total. The summed E-state index contributed by atoms with van der Waals surface area (Å²) in [5.41, 5.74) is 1.50. The molecule has 11 heteroatoms. The van der Waals surface area contributed by atoms with Crippen molar-refractivity contribution in [3.8, 4) is 51.2 Å². The molecule has 0 aliphatic rings. The SMILES string of the molecule is CCOP(=O)(O)Oc1cc(OC)ccc1-c1cnoc1-c1cc(OC)c(OC)c(OC)c1. The molecule has 32 heavy (non-hydrogen) atoms. The smallest absolute Gasteiger partial charge is 0.497 e. The molecule has 172 valence electrons. The maximum absolute atomic E-state index is 12.3. The van der Waals surface area contributed by atoms with Crippen LogP contribution in [0.1, 0.15) is 6.92 Å². The molecular weight excluding hydrogens is 441 g/mol. The van der Waals surface area contributed by atoms with Gasteiger partial charge in [0.2, 0.25) is 5.75 Å². The molecule has 0 aliphatic heterocycles. The second-order valence-corrected chi connectivity index (χ2v) is 7.70. The zero-order chi connectivity index (χ0) is 23.3. The van der Waals surface area contributed by atoms with Gasteiger partial charge in [0, 0.05) is 17.2 Å². The van der Waals surface area contributed by atoms with Crippen LogP contribution in [0.2, 0.25) is 0 Å². The van der Waals surface area contributed by atoms with E-state index in [1.54, 1.807) is 31.2 Å². The zero-order valence-electron chi connectivity index (χ0n) is 18.3. The van der Waals surface area contributed by atoms with Gasteiger partial charge in [0.15, 0.2) is 17.3 Å². The Balaban J connectivity index is 2.16. The zero-order valence-corrected chi connectivity index (χ0v) is 19.2. The quantitative estimate of drug-likeness (QED) is 0.427. The van der Waals surface area contributed by atoms with E-state index in [-0.39, 0.29) is 12.4 Å². The van der Waals surface area contributed by atoms with E-state index in [2.05, 4.69) is 5.16 Å². The minimum Gasteiger partial charge on any atom is -0.497 e. The highest BCUT2D eigenvalue weighted by Gasteiger charge is 2.27. The summed E-state index contributed by atoms with van der Waals surface area (Å²) >= 11 is 0. The minimum absolute atomic E-state index is 0.00294. The van der Waals surface area contributed by atoms with Gasteiger partial charge in [-0.25, -0.2) is 4.57 Å². The van der Waals surface area contributed by atoms with E-state index in [1.165, 1.54) is 40.7 Å². The molecule has 0 amide bonds. The van der Waals surface area contributed by atoms with Gasteiger partial charge in [-0.05, 0) is 31.2 Å². The average molecular weight is 465 g/mol. The van der Waals surface area contributed by atoms with E-state index in [1.807, 2.05) is 0 Å². The molecule has 0 saturated heterocycles. The normalized spacial score (nSPS) is 12.7. The van der Waals surface area contributed by atoms with E-state index in [0.29, 0.717) is 45.4 Å². The van der Waals surface area contributed by atoms with Crippen molar-refractivity contribution in [2.45, 2.75) is 6.92 Å². The number of aromatic nitrogens is 1. The first kappa shape index (κ1) is 23.5. The molecule has 1 atom stereocenters. The van der Waals surface area contributed by atoms with Gasteiger partial charge >= 0.3 is 7.82 Å². The molecule has 0 bridgehead atoms. The number of hydrogen-bond acceptors (Lipinski definition) is 9. The van der Waals surface area contributed by atoms with E-state index < -0.39 is 7.82 Å². The summed E-state index contributed by atoms with van der Waals surface area (Å²) in [4.78, 5) is 10.0. The number of hydrogen-bond donors (Lipinski definition) is 1. The Morgan fingerprint density at radius 2 is 1.62 bits per heavy atom. The highest BCUT2D eigenvalue weighted by molar-refractivity contribution is 7.47. The molecule has 0 radical (unpaired) electrons. The molecule has 0 spiro atoms. The number of methoxy groups -OCH3 is 4. The fraction of sp³-hybridized carbons (Fsp3) is 0.286. The van der Waals surface area contributed by atoms with Crippen LogP contribution in [0.25, 0.3) is 22.5 Å². The summed E-state index contributed by atoms with van der Waals surface area (Å²) < 4.78 is 49.4. The van der Waals surface area contributed by atoms with Gasteiger partial charge in [0.25, 0.3) is 0 Å². The summed E-state index contributed by atoms with van der Waals surface area (Å²) in [5.74, 6) is 2.10. The maximum Gasteiger partial charge on any atom is 0.527 e. The first-order chi connectivity index (χ1) is 15.4. The molecule has 2 aromatic carbocycles. The molecular formula is C21H24NO9P. The highest BCUT2D eigenvalue weighted by atomic mass is 31.2. The third-order valence-electron chi connectivity index (χ3n) is 4.48. The number of nitrogens with zero attached hydrogens (tertiary/aromatic N) is 1. The third kappa shape index (κ3) is 4.83. The summed E-state index contributed by atoms with van der Waals surface area (Å²) in [6.07, 6.45) is 1.47. The van der Waals surface area contributed by atoms with Crippen molar-refractivity contribution in [3.63, 3.8) is 0 Å². The van der Waals surface area contributed by atoms with Crippen LogP contribution in [0, 0.1) is 0 Å². The summed E-state index contributed by atoms with van der Waals surface area (Å²) in [5, 5.41) is 3.91. The molecule has 0 fully saturated rings. The molecule has 1 heterocycles. The van der Waals surface area contributed by atoms with Crippen LogP contribution in [-0.2, 0) is 9.09 Å². The van der Waals surface area contributed by atoms with Crippen LogP contribution in [0.3, 0.4) is 0 Å². The standard InChI is InChI=1S/C21H24NO9P/c1-6-29-32(23,24)31-17-11-14(25-2)7-8-15(17)16-12-22-30-20(16)13-9-18(26-3)21(28-5)19(10-13)27-4/h7-12H,6H2,1-5H3,(H,23,24). The number of benzene rings is 2. The Morgan fingerprint density at radius 3 is 2.19 bits per heavy atom. The molecule has 0 saturated carbocycles. The van der Waals surface area contributed by atoms with Crippen LogP contribution in [-0.4, -0.2) is 45.1 Å². The van der Waals surface area contributed by atoms with Crippen LogP contribution in [0.15, 0.2) is 41.1 Å². The molecule has 0 aliphatic carbocycles. The number of rotatable bonds is 10. The van der Waals surface area contributed by atoms with Crippen molar-refractivity contribution in [2.24, 2.45) is 0 Å². The Morgan fingerprint density at radius 1 is 0.938 bits per heavy atom. The Hall–Kier alpha value is -3.20. The van der Waals surface area contributed by atoms with E-state index in [0.717, 1.165) is 0 Å². The molecule has 1 unspecified atom stereocenters. The maximum atomic E-state index is 12.3. The van der Waals surface area contributed by atoms with Gasteiger partial charge in [-0.3, -0.25) is 9.42 Å². The second-order valence-electron chi connectivity index (χ2n) is 6.32. The minimum atomic E-state index is -4.36. The lowest BCUT2D eigenvalue weighted by molar-refractivity contribution is 0.213. The van der Waals surface area contributed by atoms with Gasteiger partial charge in [-0.15, -0.1) is 0 Å². The first-order valence-corrected chi connectivity index (χ1v) is 11.0. The highest BCUT2D eigenvalue weighted by Crippen LogP contribution is 2.49. The fourth-order valence-electron chi connectivity index (χ4n) is 3.09. The van der Waals surface area contributed by atoms with Gasteiger partial charge < -0.3 is 28.0 Å². The number of ether oxygens (including phenoxy) is 4. The lowest BCUT2D eigenvalue weighted by Gasteiger charge is -2.16. The Labute approximate surface area is 185 Å². The third-order valence-corrected chi connectivity index (χ3v) is 5.49. The van der Waals surface area contributed by atoms with Crippen molar-refractivity contribution in [1.82, 2.24) is 5.16 Å². The molecule has 3 rings (SSSR count). The van der Waals surface area contributed by atoms with E-state index in [4.69, 9.17) is 32.5 Å². The molecule has 3 aromatic rings. The molecule has 1 N–H and O–H groups in total. The van der Waals surface area contributed by atoms with Crippen LogP contribution < -0.4 is 23.5 Å². The van der Waals surface area contributed by atoms with Crippen LogP contribution in [0.5, 0.6) is 28.7 Å². The van der Waals surface area contributed by atoms with Gasteiger partial charge in [0.1, 0.15) is 11.5 Å². The average Bonchev–Trinajstić information content (AvgIpc) is 3.27. The predicted octanol–water partition coefficient (Wildman–Crippen LogP) is 4.56. The Kier molecular flexibility index (Phi) is 7.29. The lowest BCUT2D eigenvalue weighted by atomic mass is 10.0. The van der Waals surface area contributed by atoms with Crippen molar-refractivity contribution in [1.29, 1.82) is 0 Å². The van der Waals surface area contributed by atoms with Crippen LogP contribution in [0.4, 0.5) is 0 Å². The summed E-state index contributed by atoms with van der Waals surface area (Å²) in [6, 6.07) is 8.22. The predicted molar refractivity (Wildman–Crippen MR) is 116 cm³/mol. The molecule has 1 aromatic heterocycles.